The Morgan fingerprint density at radius 2 is 1.81 bits per heavy atom. The maximum absolute atomic E-state index is 10.9. The number of hydrogen-bond donors (Lipinski definition) is 1. The van der Waals surface area contributed by atoms with Crippen molar-refractivity contribution >= 4 is 28.9 Å². The predicted octanol–water partition coefficient (Wildman–Crippen LogP) is 5.28. The topological polar surface area (TPSA) is 89.4 Å². The van der Waals surface area contributed by atoms with E-state index in [1.807, 2.05) is 48.5 Å². The lowest BCUT2D eigenvalue weighted by Crippen LogP contribution is -1.88. The number of hydrogen-bond acceptors (Lipinski definition) is 5. The van der Waals surface area contributed by atoms with Crippen LogP contribution in [0, 0.1) is 10.1 Å². The number of nitrogens with zero attached hydrogens (tertiary/aromatic N) is 2. The molecule has 27 heavy (non-hydrogen) atoms. The van der Waals surface area contributed by atoms with Crippen molar-refractivity contribution in [2.75, 3.05) is 0 Å². The number of aromatic nitrogens is 1. The van der Waals surface area contributed by atoms with Crippen LogP contribution in [0.1, 0.15) is 11.1 Å². The Bertz CT molecular complexity index is 1160. The van der Waals surface area contributed by atoms with Gasteiger partial charge < -0.3 is 9.52 Å². The van der Waals surface area contributed by atoms with Crippen molar-refractivity contribution in [2.24, 2.45) is 0 Å². The Balaban J connectivity index is 1.66. The van der Waals surface area contributed by atoms with Gasteiger partial charge in [-0.05, 0) is 35.9 Å². The Labute approximate surface area is 154 Å². The zero-order valence-corrected chi connectivity index (χ0v) is 14.1. The highest BCUT2D eigenvalue weighted by Gasteiger charge is 2.09. The van der Waals surface area contributed by atoms with Gasteiger partial charge in [0.05, 0.1) is 4.92 Å². The smallest absolute Gasteiger partial charge is 0.270 e. The lowest BCUT2D eigenvalue weighted by molar-refractivity contribution is -0.384. The molecule has 132 valence electrons. The molecule has 0 aliphatic rings. The van der Waals surface area contributed by atoms with Crippen LogP contribution in [-0.4, -0.2) is 15.0 Å². The van der Waals surface area contributed by atoms with Crippen LogP contribution < -0.4 is 0 Å². The van der Waals surface area contributed by atoms with Gasteiger partial charge in [-0.3, -0.25) is 10.1 Å². The SMILES string of the molecule is O=[N+]([O-])c1ccc(O)c(/C=C/c2ccc3oc(-c4ccccc4)nc3c2)c1. The molecule has 0 radical (unpaired) electrons. The molecule has 4 aromatic rings. The molecule has 4 rings (SSSR count). The van der Waals surface area contributed by atoms with Crippen LogP contribution in [0.3, 0.4) is 0 Å². The molecule has 1 N–H and O–H groups in total. The van der Waals surface area contributed by atoms with Crippen LogP contribution in [0.4, 0.5) is 5.69 Å². The van der Waals surface area contributed by atoms with E-state index in [4.69, 9.17) is 4.42 Å². The number of oxazole rings is 1. The van der Waals surface area contributed by atoms with Gasteiger partial charge in [-0.15, -0.1) is 0 Å². The average Bonchev–Trinajstić information content (AvgIpc) is 3.11. The summed E-state index contributed by atoms with van der Waals surface area (Å²) >= 11 is 0. The van der Waals surface area contributed by atoms with Gasteiger partial charge in [0.2, 0.25) is 5.89 Å². The number of benzene rings is 3. The van der Waals surface area contributed by atoms with E-state index in [9.17, 15) is 15.2 Å². The third-order valence-electron chi connectivity index (χ3n) is 4.11. The number of phenols is 1. The largest absolute Gasteiger partial charge is 0.507 e. The minimum Gasteiger partial charge on any atom is -0.507 e. The number of nitro groups is 1. The van der Waals surface area contributed by atoms with E-state index in [1.54, 1.807) is 12.2 Å². The van der Waals surface area contributed by atoms with E-state index < -0.39 is 4.92 Å². The van der Waals surface area contributed by atoms with Crippen molar-refractivity contribution in [1.82, 2.24) is 4.98 Å². The number of fused-ring (bicyclic) bond motifs is 1. The Hall–Kier alpha value is -3.93. The first-order chi connectivity index (χ1) is 13.1. The zero-order chi connectivity index (χ0) is 18.8. The Morgan fingerprint density at radius 3 is 2.59 bits per heavy atom. The van der Waals surface area contributed by atoms with Crippen molar-refractivity contribution in [3.05, 3.63) is 88.0 Å². The van der Waals surface area contributed by atoms with Crippen LogP contribution >= 0.6 is 0 Å². The predicted molar refractivity (Wildman–Crippen MR) is 103 cm³/mol. The van der Waals surface area contributed by atoms with Crippen molar-refractivity contribution in [3.63, 3.8) is 0 Å². The van der Waals surface area contributed by atoms with Crippen LogP contribution in [0.2, 0.25) is 0 Å². The standard InChI is InChI=1S/C21H14N2O4/c24-19-10-9-17(23(25)26)13-16(19)8-6-14-7-11-20-18(12-14)22-21(27-20)15-4-2-1-3-5-15/h1-13,24H/b8-6+. The molecule has 0 aliphatic carbocycles. The highest BCUT2D eigenvalue weighted by Crippen LogP contribution is 2.27. The molecule has 0 bridgehead atoms. The second-order valence-electron chi connectivity index (χ2n) is 5.95. The molecule has 0 spiro atoms. The number of phenolic OH excluding ortho intramolecular Hbond substituents is 1. The fraction of sp³-hybridized carbons (Fsp3) is 0. The summed E-state index contributed by atoms with van der Waals surface area (Å²) in [5.74, 6) is 0.522. The summed E-state index contributed by atoms with van der Waals surface area (Å²) in [6.45, 7) is 0. The molecule has 0 amide bonds. The minimum absolute atomic E-state index is 0.0225. The summed E-state index contributed by atoms with van der Waals surface area (Å²) in [7, 11) is 0. The van der Waals surface area contributed by atoms with Crippen molar-refractivity contribution < 1.29 is 14.4 Å². The van der Waals surface area contributed by atoms with Gasteiger partial charge in [0.25, 0.3) is 5.69 Å². The molecule has 0 fully saturated rings. The summed E-state index contributed by atoms with van der Waals surface area (Å²) < 4.78 is 5.78. The molecule has 1 aromatic heterocycles. The maximum atomic E-state index is 10.9. The average molecular weight is 358 g/mol. The van der Waals surface area contributed by atoms with Gasteiger partial charge in [0, 0.05) is 23.3 Å². The van der Waals surface area contributed by atoms with E-state index in [-0.39, 0.29) is 11.4 Å². The summed E-state index contributed by atoms with van der Waals surface area (Å²) in [6.07, 6.45) is 3.39. The normalized spacial score (nSPS) is 11.3. The number of aromatic hydroxyl groups is 1. The van der Waals surface area contributed by atoms with Crippen molar-refractivity contribution in [1.29, 1.82) is 0 Å². The first-order valence-corrected chi connectivity index (χ1v) is 8.22. The molecule has 6 heteroatoms. The highest BCUT2D eigenvalue weighted by atomic mass is 16.6. The molecule has 0 unspecified atom stereocenters. The fourth-order valence-corrected chi connectivity index (χ4v) is 2.73. The lowest BCUT2D eigenvalue weighted by atomic mass is 10.1. The third-order valence-corrected chi connectivity index (χ3v) is 4.11. The van der Waals surface area contributed by atoms with E-state index in [1.165, 1.54) is 18.2 Å². The lowest BCUT2D eigenvalue weighted by Gasteiger charge is -1.99. The molecule has 0 aliphatic heterocycles. The van der Waals surface area contributed by atoms with Crippen LogP contribution in [0.15, 0.2) is 71.1 Å². The summed E-state index contributed by atoms with van der Waals surface area (Å²) in [6, 6.07) is 19.1. The van der Waals surface area contributed by atoms with Crippen molar-refractivity contribution in [2.45, 2.75) is 0 Å². The number of rotatable bonds is 4. The van der Waals surface area contributed by atoms with E-state index in [0.29, 0.717) is 22.6 Å². The molecule has 3 aromatic carbocycles. The second kappa shape index (κ2) is 6.76. The van der Waals surface area contributed by atoms with E-state index >= 15 is 0 Å². The van der Waals surface area contributed by atoms with Crippen LogP contribution in [0.5, 0.6) is 5.75 Å². The molecule has 1 heterocycles. The fourth-order valence-electron chi connectivity index (χ4n) is 2.73. The molecule has 6 nitrogen and oxygen atoms in total. The Kier molecular flexibility index (Phi) is 4.14. The van der Waals surface area contributed by atoms with Crippen molar-refractivity contribution in [3.8, 4) is 17.2 Å². The van der Waals surface area contributed by atoms with Gasteiger partial charge in [0.1, 0.15) is 11.3 Å². The highest BCUT2D eigenvalue weighted by molar-refractivity contribution is 5.82. The van der Waals surface area contributed by atoms with Gasteiger partial charge >= 0.3 is 0 Å². The third kappa shape index (κ3) is 3.41. The Morgan fingerprint density at radius 1 is 1.00 bits per heavy atom. The van der Waals surface area contributed by atoms with Gasteiger partial charge in [-0.2, -0.15) is 0 Å². The summed E-state index contributed by atoms with van der Waals surface area (Å²) in [4.78, 5) is 14.9. The summed E-state index contributed by atoms with van der Waals surface area (Å²) in [5.41, 5.74) is 3.40. The zero-order valence-electron chi connectivity index (χ0n) is 14.1. The molecular weight excluding hydrogens is 344 g/mol. The van der Waals surface area contributed by atoms with Gasteiger partial charge in [0.15, 0.2) is 5.58 Å². The first-order valence-electron chi connectivity index (χ1n) is 8.22. The van der Waals surface area contributed by atoms with Gasteiger partial charge in [-0.25, -0.2) is 4.98 Å². The molecule has 0 saturated heterocycles. The quantitative estimate of drug-likeness (QED) is 0.304. The number of non-ortho nitro benzene ring substituents is 1. The molecule has 0 atom stereocenters. The minimum atomic E-state index is -0.497. The first kappa shape index (κ1) is 16.5. The number of nitro benzene ring substituents is 1. The van der Waals surface area contributed by atoms with E-state index in [2.05, 4.69) is 4.98 Å². The van der Waals surface area contributed by atoms with Gasteiger partial charge in [-0.1, -0.05) is 36.4 Å². The maximum Gasteiger partial charge on any atom is 0.270 e. The molecule has 0 saturated carbocycles. The second-order valence-corrected chi connectivity index (χ2v) is 5.95. The van der Waals surface area contributed by atoms with Crippen LogP contribution in [-0.2, 0) is 0 Å². The van der Waals surface area contributed by atoms with Crippen LogP contribution in [0.25, 0.3) is 34.7 Å². The summed E-state index contributed by atoms with van der Waals surface area (Å²) in [5, 5.41) is 20.8. The van der Waals surface area contributed by atoms with E-state index in [0.717, 1.165) is 11.1 Å². The molecular formula is C21H14N2O4. The monoisotopic (exact) mass is 358 g/mol.